The first-order valence-electron chi connectivity index (χ1n) is 16.3. The van der Waals surface area contributed by atoms with Crippen LogP contribution in [-0.2, 0) is 4.79 Å². The Labute approximate surface area is 254 Å². The zero-order valence-electron chi connectivity index (χ0n) is 25.7. The minimum Gasteiger partial charge on any atom is -0.494 e. The zero-order chi connectivity index (χ0) is 29.9. The highest BCUT2D eigenvalue weighted by molar-refractivity contribution is 6.04. The monoisotopic (exact) mass is 578 g/mol. The van der Waals surface area contributed by atoms with Gasteiger partial charge in [-0.1, -0.05) is 113 Å². The van der Waals surface area contributed by atoms with Crippen LogP contribution in [0.5, 0.6) is 11.5 Å². The van der Waals surface area contributed by atoms with Crippen molar-refractivity contribution in [3.8, 4) is 11.5 Å². The lowest BCUT2D eigenvalue weighted by Gasteiger charge is -2.06. The van der Waals surface area contributed by atoms with Gasteiger partial charge in [-0.3, -0.25) is 4.79 Å². The number of carbonyl (C=O) groups excluding carboxylic acids is 1. The van der Waals surface area contributed by atoms with Gasteiger partial charge in [0.15, 0.2) is 5.78 Å². The number of allylic oxidation sites excluding steroid dienone is 2. The second-order valence-electron chi connectivity index (χ2n) is 11.0. The molecule has 2 aromatic rings. The number of aliphatic hydroxyl groups is 2. The van der Waals surface area contributed by atoms with Crippen LogP contribution in [0.25, 0.3) is 12.2 Å². The molecule has 0 aromatic heterocycles. The third kappa shape index (κ3) is 18.5. The molecular weight excluding hydrogens is 524 g/mol. The highest BCUT2D eigenvalue weighted by Gasteiger charge is 1.98. The van der Waals surface area contributed by atoms with Crippen LogP contribution in [-0.4, -0.2) is 42.4 Å². The number of hydrogen-bond acceptors (Lipinski definition) is 5. The third-order valence-electron chi connectivity index (χ3n) is 7.28. The molecule has 0 saturated carbocycles. The van der Waals surface area contributed by atoms with Gasteiger partial charge in [0.05, 0.1) is 13.2 Å². The molecular formula is C37H54O5. The molecule has 0 unspecified atom stereocenters. The first kappa shape index (κ1) is 35.3. The smallest absolute Gasteiger partial charge is 0.178 e. The fourth-order valence-corrected chi connectivity index (χ4v) is 4.69. The predicted octanol–water partition coefficient (Wildman–Crippen LogP) is 8.97. The molecule has 0 bridgehead atoms. The molecule has 0 aliphatic rings. The lowest BCUT2D eigenvalue weighted by atomic mass is 10.1. The van der Waals surface area contributed by atoms with Crippen molar-refractivity contribution >= 4 is 17.9 Å². The molecule has 232 valence electrons. The summed E-state index contributed by atoms with van der Waals surface area (Å²) in [7, 11) is 0. The van der Waals surface area contributed by atoms with Gasteiger partial charge in [0.1, 0.15) is 11.5 Å². The van der Waals surface area contributed by atoms with Crippen LogP contribution in [0, 0.1) is 0 Å². The van der Waals surface area contributed by atoms with Gasteiger partial charge in [0, 0.05) is 13.2 Å². The Kier molecular flexibility index (Phi) is 20.8. The quantitative estimate of drug-likeness (QED) is 0.0861. The van der Waals surface area contributed by atoms with Gasteiger partial charge in [-0.25, -0.2) is 0 Å². The van der Waals surface area contributed by atoms with Crippen LogP contribution in [0.2, 0.25) is 0 Å². The van der Waals surface area contributed by atoms with E-state index < -0.39 is 0 Å². The summed E-state index contributed by atoms with van der Waals surface area (Å²) in [6.45, 7) is 2.08. The molecule has 2 aromatic carbocycles. The van der Waals surface area contributed by atoms with Crippen LogP contribution in [0.15, 0.2) is 60.7 Å². The first-order chi connectivity index (χ1) is 20.7. The Hall–Kier alpha value is -2.89. The summed E-state index contributed by atoms with van der Waals surface area (Å²) < 4.78 is 11.7. The lowest BCUT2D eigenvalue weighted by molar-refractivity contribution is -0.110. The maximum absolute atomic E-state index is 12.3. The van der Waals surface area contributed by atoms with Crippen LogP contribution in [0.1, 0.15) is 114 Å². The van der Waals surface area contributed by atoms with Gasteiger partial charge in [0.25, 0.3) is 0 Å². The summed E-state index contributed by atoms with van der Waals surface area (Å²) in [5, 5.41) is 17.6. The number of benzene rings is 2. The van der Waals surface area contributed by atoms with Gasteiger partial charge in [-0.2, -0.15) is 0 Å². The van der Waals surface area contributed by atoms with Crippen molar-refractivity contribution in [2.45, 2.75) is 103 Å². The van der Waals surface area contributed by atoms with Crippen molar-refractivity contribution in [1.82, 2.24) is 0 Å². The molecule has 0 heterocycles. The fraction of sp³-hybridized carbons (Fsp3) is 0.541. The molecule has 0 radical (unpaired) electrons. The Morgan fingerprint density at radius 1 is 0.476 bits per heavy atom. The average Bonchev–Trinajstić information content (AvgIpc) is 3.02. The van der Waals surface area contributed by atoms with Gasteiger partial charge >= 0.3 is 0 Å². The average molecular weight is 579 g/mol. The molecule has 0 aliphatic heterocycles. The van der Waals surface area contributed by atoms with Gasteiger partial charge in [-0.05, 0) is 73.2 Å². The number of ketones is 1. The number of carbonyl (C=O) groups is 1. The number of aliphatic hydroxyl groups excluding tert-OH is 2. The second-order valence-corrected chi connectivity index (χ2v) is 11.0. The Morgan fingerprint density at radius 3 is 1.12 bits per heavy atom. The van der Waals surface area contributed by atoms with Crippen LogP contribution < -0.4 is 9.47 Å². The SMILES string of the molecule is O=C(/C=C/c1ccc(OCCCCCCCCCCO)cc1)/C=C/c1ccc(OCCCCCCCCCCO)cc1. The van der Waals surface area contributed by atoms with E-state index >= 15 is 0 Å². The number of unbranched alkanes of at least 4 members (excludes halogenated alkanes) is 14. The molecule has 2 N–H and O–H groups in total. The maximum atomic E-state index is 12.3. The Bertz CT molecular complexity index is 899. The highest BCUT2D eigenvalue weighted by Crippen LogP contribution is 2.16. The summed E-state index contributed by atoms with van der Waals surface area (Å²) in [4.78, 5) is 12.3. The largest absolute Gasteiger partial charge is 0.494 e. The molecule has 5 nitrogen and oxygen atoms in total. The van der Waals surface area contributed by atoms with E-state index in [1.54, 1.807) is 12.2 Å². The Balaban J connectivity index is 1.56. The van der Waals surface area contributed by atoms with E-state index in [-0.39, 0.29) is 5.78 Å². The molecule has 0 amide bonds. The van der Waals surface area contributed by atoms with E-state index in [4.69, 9.17) is 19.7 Å². The first-order valence-corrected chi connectivity index (χ1v) is 16.3. The summed E-state index contributed by atoms with van der Waals surface area (Å²) in [6, 6.07) is 15.7. The second kappa shape index (κ2) is 24.7. The summed E-state index contributed by atoms with van der Waals surface area (Å²) in [5.74, 6) is 1.66. The van der Waals surface area contributed by atoms with E-state index in [2.05, 4.69) is 0 Å². The van der Waals surface area contributed by atoms with E-state index in [9.17, 15) is 4.79 Å². The molecule has 0 aliphatic carbocycles. The van der Waals surface area contributed by atoms with Crippen molar-refractivity contribution in [2.75, 3.05) is 26.4 Å². The topological polar surface area (TPSA) is 76.0 Å². The van der Waals surface area contributed by atoms with Crippen LogP contribution >= 0.6 is 0 Å². The van der Waals surface area contributed by atoms with Gasteiger partial charge < -0.3 is 19.7 Å². The van der Waals surface area contributed by atoms with Crippen molar-refractivity contribution in [2.24, 2.45) is 0 Å². The van der Waals surface area contributed by atoms with E-state index in [1.165, 1.54) is 64.2 Å². The number of rotatable bonds is 26. The summed E-state index contributed by atoms with van der Waals surface area (Å²) in [5.41, 5.74) is 1.93. The Morgan fingerprint density at radius 2 is 0.786 bits per heavy atom. The number of ether oxygens (including phenoxy) is 2. The molecule has 2 rings (SSSR count). The van der Waals surface area contributed by atoms with Crippen LogP contribution in [0.3, 0.4) is 0 Å². The van der Waals surface area contributed by atoms with Gasteiger partial charge in [0.2, 0.25) is 0 Å². The fourth-order valence-electron chi connectivity index (χ4n) is 4.69. The number of hydrogen-bond donors (Lipinski definition) is 2. The minimum atomic E-state index is -0.0579. The predicted molar refractivity (Wildman–Crippen MR) is 175 cm³/mol. The van der Waals surface area contributed by atoms with Crippen molar-refractivity contribution in [1.29, 1.82) is 0 Å². The van der Waals surface area contributed by atoms with Crippen molar-refractivity contribution in [3.05, 3.63) is 71.8 Å². The van der Waals surface area contributed by atoms with E-state index in [1.807, 2.05) is 60.7 Å². The standard InChI is InChI=1S/C37H54O5/c38-29-13-9-5-1-3-7-11-15-31-41-36-25-19-33(20-26-36)17-23-35(40)24-18-34-21-27-37(28-22-34)42-32-16-12-8-4-2-6-10-14-30-39/h17-28,38-39H,1-16,29-32H2/b23-17+,24-18+. The summed E-state index contributed by atoms with van der Waals surface area (Å²) in [6.07, 6.45) is 25.4. The van der Waals surface area contributed by atoms with E-state index in [0.717, 1.165) is 74.4 Å². The highest BCUT2D eigenvalue weighted by atomic mass is 16.5. The van der Waals surface area contributed by atoms with Crippen LogP contribution in [0.4, 0.5) is 0 Å². The third-order valence-corrected chi connectivity index (χ3v) is 7.28. The molecule has 5 heteroatoms. The van der Waals surface area contributed by atoms with E-state index in [0.29, 0.717) is 13.2 Å². The molecule has 0 saturated heterocycles. The summed E-state index contributed by atoms with van der Waals surface area (Å²) >= 11 is 0. The molecule has 0 atom stereocenters. The zero-order valence-corrected chi connectivity index (χ0v) is 25.7. The normalized spacial score (nSPS) is 11.5. The molecule has 42 heavy (non-hydrogen) atoms. The van der Waals surface area contributed by atoms with Crippen molar-refractivity contribution < 1.29 is 24.5 Å². The van der Waals surface area contributed by atoms with Gasteiger partial charge in [-0.15, -0.1) is 0 Å². The minimum absolute atomic E-state index is 0.0579. The lowest BCUT2D eigenvalue weighted by Crippen LogP contribution is -1.97. The molecule has 0 fully saturated rings. The molecule has 0 spiro atoms. The maximum Gasteiger partial charge on any atom is 0.178 e. The van der Waals surface area contributed by atoms with Crippen molar-refractivity contribution in [3.63, 3.8) is 0 Å².